The predicted molar refractivity (Wildman–Crippen MR) is 80.1 cm³/mol. The van der Waals surface area contributed by atoms with E-state index in [-0.39, 0.29) is 6.10 Å². The zero-order valence-corrected chi connectivity index (χ0v) is 12.3. The van der Waals surface area contributed by atoms with Crippen molar-refractivity contribution >= 4 is 0 Å². The molecule has 2 nitrogen and oxygen atoms in total. The molecule has 0 aromatic heterocycles. The Hall–Kier alpha value is -0.860. The highest BCUT2D eigenvalue weighted by Crippen LogP contribution is 2.24. The number of aliphatic hydroxyl groups excluding tert-OH is 1. The summed E-state index contributed by atoms with van der Waals surface area (Å²) in [5, 5.41) is 10.2. The van der Waals surface area contributed by atoms with E-state index in [2.05, 4.69) is 43.1 Å². The first-order chi connectivity index (χ1) is 9.15. The second-order valence-electron chi connectivity index (χ2n) is 6.15. The van der Waals surface area contributed by atoms with E-state index in [9.17, 15) is 5.11 Å². The Kier molecular flexibility index (Phi) is 5.41. The van der Waals surface area contributed by atoms with Crippen molar-refractivity contribution in [1.29, 1.82) is 0 Å². The molecule has 0 bridgehead atoms. The lowest BCUT2D eigenvalue weighted by molar-refractivity contribution is 0.0780. The summed E-state index contributed by atoms with van der Waals surface area (Å²) in [6, 6.07) is 8.75. The number of nitrogens with zero attached hydrogens (tertiary/aromatic N) is 1. The van der Waals surface area contributed by atoms with Gasteiger partial charge in [0, 0.05) is 13.1 Å². The van der Waals surface area contributed by atoms with Crippen LogP contribution in [0.3, 0.4) is 0 Å². The Balaban J connectivity index is 1.85. The highest BCUT2D eigenvalue weighted by Gasteiger charge is 2.22. The lowest BCUT2D eigenvalue weighted by Gasteiger charge is -2.26. The summed E-state index contributed by atoms with van der Waals surface area (Å²) in [5.41, 5.74) is 2.67. The molecule has 0 amide bonds. The van der Waals surface area contributed by atoms with Gasteiger partial charge in [0.25, 0.3) is 0 Å². The van der Waals surface area contributed by atoms with Crippen LogP contribution >= 0.6 is 0 Å². The van der Waals surface area contributed by atoms with Gasteiger partial charge in [0.15, 0.2) is 0 Å². The molecule has 2 atom stereocenters. The number of hydrogen-bond acceptors (Lipinski definition) is 2. The number of rotatable bonds is 4. The highest BCUT2D eigenvalue weighted by atomic mass is 16.3. The van der Waals surface area contributed by atoms with Gasteiger partial charge in [-0.2, -0.15) is 0 Å². The van der Waals surface area contributed by atoms with Crippen molar-refractivity contribution in [3.8, 4) is 0 Å². The monoisotopic (exact) mass is 261 g/mol. The Morgan fingerprint density at radius 2 is 1.79 bits per heavy atom. The molecule has 2 heteroatoms. The van der Waals surface area contributed by atoms with E-state index in [0.29, 0.717) is 5.92 Å². The summed E-state index contributed by atoms with van der Waals surface area (Å²) in [7, 11) is 2.16. The molecule has 0 radical (unpaired) electrons. The van der Waals surface area contributed by atoms with Crippen LogP contribution in [0.5, 0.6) is 0 Å². The Morgan fingerprint density at radius 3 is 2.53 bits per heavy atom. The van der Waals surface area contributed by atoms with E-state index < -0.39 is 0 Å². The molecule has 1 aromatic rings. The maximum Gasteiger partial charge on any atom is 0.0580 e. The van der Waals surface area contributed by atoms with Crippen molar-refractivity contribution in [3.63, 3.8) is 0 Å². The first-order valence-electron chi connectivity index (χ1n) is 7.57. The van der Waals surface area contributed by atoms with E-state index >= 15 is 0 Å². The quantitative estimate of drug-likeness (QED) is 0.840. The van der Waals surface area contributed by atoms with Gasteiger partial charge in [-0.25, -0.2) is 0 Å². The summed E-state index contributed by atoms with van der Waals surface area (Å²) < 4.78 is 0. The van der Waals surface area contributed by atoms with Crippen molar-refractivity contribution in [2.75, 3.05) is 13.6 Å². The molecular formula is C17H27NO. The van der Waals surface area contributed by atoms with E-state index in [1.165, 1.54) is 36.8 Å². The smallest absolute Gasteiger partial charge is 0.0580 e. The molecule has 0 saturated heterocycles. The number of aliphatic hydroxyl groups is 1. The minimum absolute atomic E-state index is 0.0945. The Bertz CT molecular complexity index is 373. The fraction of sp³-hybridized carbons (Fsp3) is 0.647. The number of aryl methyl sites for hydroxylation is 1. The lowest BCUT2D eigenvalue weighted by atomic mass is 9.96. The molecule has 0 aliphatic heterocycles. The second kappa shape index (κ2) is 7.06. The maximum atomic E-state index is 10.2. The molecule has 106 valence electrons. The number of benzene rings is 1. The van der Waals surface area contributed by atoms with Crippen molar-refractivity contribution in [2.45, 2.75) is 51.7 Å². The van der Waals surface area contributed by atoms with Gasteiger partial charge < -0.3 is 10.0 Å². The Labute approximate surface area is 117 Å². The van der Waals surface area contributed by atoms with Crippen LogP contribution in [0, 0.1) is 12.8 Å². The van der Waals surface area contributed by atoms with Gasteiger partial charge in [-0.15, -0.1) is 0 Å². The minimum atomic E-state index is -0.0945. The third-order valence-corrected chi connectivity index (χ3v) is 4.24. The van der Waals surface area contributed by atoms with Crippen molar-refractivity contribution < 1.29 is 5.11 Å². The third kappa shape index (κ3) is 4.63. The summed E-state index contributed by atoms with van der Waals surface area (Å²) in [5.74, 6) is 0.456. The van der Waals surface area contributed by atoms with E-state index in [1.54, 1.807) is 0 Å². The van der Waals surface area contributed by atoms with Gasteiger partial charge in [0.2, 0.25) is 0 Å². The topological polar surface area (TPSA) is 23.5 Å². The van der Waals surface area contributed by atoms with Crippen molar-refractivity contribution in [3.05, 3.63) is 35.4 Å². The zero-order valence-electron chi connectivity index (χ0n) is 12.3. The van der Waals surface area contributed by atoms with E-state index in [0.717, 1.165) is 19.5 Å². The van der Waals surface area contributed by atoms with Gasteiger partial charge in [-0.3, -0.25) is 0 Å². The molecule has 1 aromatic carbocycles. The molecule has 0 heterocycles. The fourth-order valence-corrected chi connectivity index (χ4v) is 3.05. The molecule has 19 heavy (non-hydrogen) atoms. The molecule has 2 rings (SSSR count). The molecule has 1 aliphatic carbocycles. The normalized spacial score (nSPS) is 24.4. The van der Waals surface area contributed by atoms with Gasteiger partial charge >= 0.3 is 0 Å². The van der Waals surface area contributed by atoms with Crippen LogP contribution in [-0.2, 0) is 6.54 Å². The van der Waals surface area contributed by atoms with Gasteiger partial charge in [-0.1, -0.05) is 49.1 Å². The van der Waals surface area contributed by atoms with Gasteiger partial charge in [0.1, 0.15) is 0 Å². The molecule has 0 spiro atoms. The summed E-state index contributed by atoms with van der Waals surface area (Å²) in [6.45, 7) is 4.11. The van der Waals surface area contributed by atoms with Crippen LogP contribution < -0.4 is 0 Å². The summed E-state index contributed by atoms with van der Waals surface area (Å²) in [4.78, 5) is 2.35. The Morgan fingerprint density at radius 1 is 1.11 bits per heavy atom. The van der Waals surface area contributed by atoms with Crippen LogP contribution in [0.4, 0.5) is 0 Å². The van der Waals surface area contributed by atoms with Gasteiger partial charge in [-0.05, 0) is 38.3 Å². The molecule has 1 saturated carbocycles. The average Bonchev–Trinajstić information content (AvgIpc) is 2.58. The maximum absolute atomic E-state index is 10.2. The standard InChI is InChI=1S/C17H27NO/c1-14-8-10-15(11-9-14)12-18(2)13-16-6-4-3-5-7-17(16)19/h8-11,16-17,19H,3-7,12-13H2,1-2H3. The van der Waals surface area contributed by atoms with E-state index in [4.69, 9.17) is 0 Å². The van der Waals surface area contributed by atoms with E-state index in [1.807, 2.05) is 0 Å². The molecular weight excluding hydrogens is 234 g/mol. The highest BCUT2D eigenvalue weighted by molar-refractivity contribution is 5.21. The van der Waals surface area contributed by atoms with Crippen LogP contribution in [0.2, 0.25) is 0 Å². The lowest BCUT2D eigenvalue weighted by Crippen LogP contribution is -2.32. The van der Waals surface area contributed by atoms with Crippen LogP contribution in [0.25, 0.3) is 0 Å². The fourth-order valence-electron chi connectivity index (χ4n) is 3.05. The zero-order chi connectivity index (χ0) is 13.7. The molecule has 2 unspecified atom stereocenters. The van der Waals surface area contributed by atoms with Gasteiger partial charge in [0.05, 0.1) is 6.10 Å². The first kappa shape index (κ1) is 14.5. The first-order valence-corrected chi connectivity index (χ1v) is 7.57. The average molecular weight is 261 g/mol. The van der Waals surface area contributed by atoms with Crippen LogP contribution in [0.15, 0.2) is 24.3 Å². The summed E-state index contributed by atoms with van der Waals surface area (Å²) in [6.07, 6.45) is 5.83. The van der Waals surface area contributed by atoms with Crippen LogP contribution in [0.1, 0.15) is 43.2 Å². The van der Waals surface area contributed by atoms with Crippen LogP contribution in [-0.4, -0.2) is 29.7 Å². The minimum Gasteiger partial charge on any atom is -0.393 e. The molecule has 1 N–H and O–H groups in total. The number of hydrogen-bond donors (Lipinski definition) is 1. The van der Waals surface area contributed by atoms with Crippen molar-refractivity contribution in [2.24, 2.45) is 5.92 Å². The SMILES string of the molecule is Cc1ccc(CN(C)CC2CCCCCC2O)cc1. The predicted octanol–water partition coefficient (Wildman–Crippen LogP) is 3.37. The van der Waals surface area contributed by atoms with Crippen molar-refractivity contribution in [1.82, 2.24) is 4.90 Å². The third-order valence-electron chi connectivity index (χ3n) is 4.24. The largest absolute Gasteiger partial charge is 0.393 e. The second-order valence-corrected chi connectivity index (χ2v) is 6.15. The molecule has 1 aliphatic rings. The summed E-state index contributed by atoms with van der Waals surface area (Å²) >= 11 is 0. The molecule has 1 fully saturated rings.